The minimum atomic E-state index is -0.712. The molecule has 0 aliphatic carbocycles. The summed E-state index contributed by atoms with van der Waals surface area (Å²) in [5.41, 5.74) is 0. The number of carboxylic acid groups (broad SMARTS) is 1. The molecule has 236 valence electrons. The van der Waals surface area contributed by atoms with E-state index in [2.05, 4.69) is 26.0 Å². The molecule has 0 aliphatic heterocycles. The Bertz CT molecular complexity index is 571. The van der Waals surface area contributed by atoms with Gasteiger partial charge in [0.1, 0.15) is 6.10 Å². The second-order valence-corrected chi connectivity index (χ2v) is 12.1. The molecule has 1 N–H and O–H groups in total. The van der Waals surface area contributed by atoms with Crippen molar-refractivity contribution in [3.63, 3.8) is 0 Å². The van der Waals surface area contributed by atoms with E-state index in [1.54, 1.807) is 0 Å². The molecular weight excluding hydrogens is 496 g/mol. The maximum atomic E-state index is 12.5. The van der Waals surface area contributed by atoms with Crippen molar-refractivity contribution in [3.8, 4) is 0 Å². The first-order valence-electron chi connectivity index (χ1n) is 17.7. The van der Waals surface area contributed by atoms with E-state index in [0.717, 1.165) is 57.8 Å². The van der Waals surface area contributed by atoms with Crippen LogP contribution in [0, 0.1) is 0 Å². The maximum absolute atomic E-state index is 12.5. The lowest BCUT2D eigenvalue weighted by Crippen LogP contribution is -2.18. The van der Waals surface area contributed by atoms with Gasteiger partial charge in [-0.3, -0.25) is 9.59 Å². The molecule has 1 atom stereocenters. The van der Waals surface area contributed by atoms with Crippen molar-refractivity contribution in [1.82, 2.24) is 0 Å². The number of ether oxygens (including phenoxy) is 1. The highest BCUT2D eigenvalue weighted by atomic mass is 16.5. The normalized spacial score (nSPS) is 12.2. The Morgan fingerprint density at radius 2 is 0.900 bits per heavy atom. The molecule has 0 heterocycles. The van der Waals surface area contributed by atoms with Crippen LogP contribution in [-0.2, 0) is 14.3 Å². The number of hydrogen-bond donors (Lipinski definition) is 1. The number of carbonyl (C=O) groups excluding carboxylic acids is 1. The van der Waals surface area contributed by atoms with Crippen LogP contribution in [-0.4, -0.2) is 23.1 Å². The van der Waals surface area contributed by atoms with E-state index < -0.39 is 5.97 Å². The van der Waals surface area contributed by atoms with Gasteiger partial charge in [-0.25, -0.2) is 0 Å². The largest absolute Gasteiger partial charge is 0.481 e. The fourth-order valence-corrected chi connectivity index (χ4v) is 5.35. The Balaban J connectivity index is 3.77. The number of esters is 1. The zero-order valence-corrected chi connectivity index (χ0v) is 26.9. The van der Waals surface area contributed by atoms with Crippen LogP contribution in [0.1, 0.15) is 200 Å². The molecule has 0 aliphatic rings. The number of hydrogen-bond acceptors (Lipinski definition) is 3. The lowest BCUT2D eigenvalue weighted by atomic mass is 10.0. The first kappa shape index (κ1) is 38.7. The van der Waals surface area contributed by atoms with Crippen LogP contribution in [0.3, 0.4) is 0 Å². The minimum absolute atomic E-state index is 0.0206. The molecule has 0 aromatic carbocycles. The summed E-state index contributed by atoms with van der Waals surface area (Å²) in [7, 11) is 0. The number of unbranched alkanes of at least 4 members (excludes halogenated alkanes) is 21. The van der Waals surface area contributed by atoms with Gasteiger partial charge in [-0.2, -0.15) is 0 Å². The summed E-state index contributed by atoms with van der Waals surface area (Å²) in [6, 6.07) is 0. The van der Waals surface area contributed by atoms with Gasteiger partial charge in [0, 0.05) is 12.8 Å². The molecule has 0 bridgehead atoms. The van der Waals surface area contributed by atoms with E-state index in [1.807, 2.05) is 0 Å². The fraction of sp³-hybridized carbons (Fsp3) is 0.889. The highest BCUT2D eigenvalue weighted by Crippen LogP contribution is 2.18. The zero-order chi connectivity index (χ0) is 29.4. The topological polar surface area (TPSA) is 63.6 Å². The smallest absolute Gasteiger partial charge is 0.306 e. The summed E-state index contributed by atoms with van der Waals surface area (Å²) in [6.07, 6.45) is 38.1. The van der Waals surface area contributed by atoms with Gasteiger partial charge in [-0.05, 0) is 64.2 Å². The predicted octanol–water partition coefficient (Wildman–Crippen LogP) is 11.9. The van der Waals surface area contributed by atoms with Crippen LogP contribution in [0.4, 0.5) is 0 Å². The van der Waals surface area contributed by atoms with Crippen LogP contribution in [0.2, 0.25) is 0 Å². The molecule has 0 saturated carbocycles. The first-order chi connectivity index (χ1) is 19.6. The summed E-state index contributed by atoms with van der Waals surface area (Å²) in [5.74, 6) is -0.733. The van der Waals surface area contributed by atoms with Gasteiger partial charge >= 0.3 is 11.9 Å². The van der Waals surface area contributed by atoms with Crippen molar-refractivity contribution in [2.75, 3.05) is 0 Å². The van der Waals surface area contributed by atoms with Crippen LogP contribution >= 0.6 is 0 Å². The molecule has 0 amide bonds. The summed E-state index contributed by atoms with van der Waals surface area (Å²) in [6.45, 7) is 4.51. The van der Waals surface area contributed by atoms with Crippen LogP contribution in [0.5, 0.6) is 0 Å². The molecule has 0 fully saturated rings. The van der Waals surface area contributed by atoms with E-state index in [-0.39, 0.29) is 18.5 Å². The Morgan fingerprint density at radius 1 is 0.525 bits per heavy atom. The van der Waals surface area contributed by atoms with Gasteiger partial charge < -0.3 is 9.84 Å². The lowest BCUT2D eigenvalue weighted by molar-refractivity contribution is -0.150. The standard InChI is InChI=1S/C36H68O4/c1-3-5-7-9-10-11-12-13-14-15-16-17-18-19-20-21-23-29-33-36(39)40-34(30-26-22-8-6-4-2)31-27-24-25-28-32-35(37)38/h14-15,34H,3-13,16-33H2,1-2H3,(H,37,38)/b15-14-. The summed E-state index contributed by atoms with van der Waals surface area (Å²) >= 11 is 0. The number of aliphatic carboxylic acids is 1. The predicted molar refractivity (Wildman–Crippen MR) is 172 cm³/mol. The molecule has 0 aromatic heterocycles. The third-order valence-corrected chi connectivity index (χ3v) is 7.99. The van der Waals surface area contributed by atoms with Gasteiger partial charge in [-0.15, -0.1) is 0 Å². The summed E-state index contributed by atoms with van der Waals surface area (Å²) in [4.78, 5) is 23.1. The fourth-order valence-electron chi connectivity index (χ4n) is 5.35. The van der Waals surface area contributed by atoms with Crippen LogP contribution in [0.15, 0.2) is 12.2 Å². The summed E-state index contributed by atoms with van der Waals surface area (Å²) in [5, 5.41) is 8.78. The van der Waals surface area contributed by atoms with Gasteiger partial charge in [0.15, 0.2) is 0 Å². The molecule has 0 saturated heterocycles. The van der Waals surface area contributed by atoms with Crippen LogP contribution in [0.25, 0.3) is 0 Å². The highest BCUT2D eigenvalue weighted by Gasteiger charge is 2.14. The molecule has 4 heteroatoms. The van der Waals surface area contributed by atoms with Gasteiger partial charge in [0.25, 0.3) is 0 Å². The Morgan fingerprint density at radius 3 is 1.35 bits per heavy atom. The molecule has 1 unspecified atom stereocenters. The Labute approximate surface area is 249 Å². The van der Waals surface area contributed by atoms with E-state index >= 15 is 0 Å². The Hall–Kier alpha value is -1.32. The average molecular weight is 565 g/mol. The van der Waals surface area contributed by atoms with Crippen molar-refractivity contribution in [2.24, 2.45) is 0 Å². The molecule has 0 radical (unpaired) electrons. The van der Waals surface area contributed by atoms with Crippen molar-refractivity contribution in [2.45, 2.75) is 206 Å². The quantitative estimate of drug-likeness (QED) is 0.0501. The van der Waals surface area contributed by atoms with Gasteiger partial charge in [0.05, 0.1) is 0 Å². The number of carbonyl (C=O) groups is 2. The monoisotopic (exact) mass is 565 g/mol. The number of allylic oxidation sites excluding steroid dienone is 2. The maximum Gasteiger partial charge on any atom is 0.306 e. The van der Waals surface area contributed by atoms with Crippen molar-refractivity contribution < 1.29 is 19.4 Å². The van der Waals surface area contributed by atoms with E-state index in [1.165, 1.54) is 116 Å². The van der Waals surface area contributed by atoms with Crippen LogP contribution < -0.4 is 0 Å². The third-order valence-electron chi connectivity index (χ3n) is 7.99. The van der Waals surface area contributed by atoms with E-state index in [9.17, 15) is 9.59 Å². The molecule has 4 nitrogen and oxygen atoms in total. The zero-order valence-electron chi connectivity index (χ0n) is 26.9. The molecular formula is C36H68O4. The Kier molecular flexibility index (Phi) is 31.1. The minimum Gasteiger partial charge on any atom is -0.481 e. The van der Waals surface area contributed by atoms with Gasteiger partial charge in [0.2, 0.25) is 0 Å². The van der Waals surface area contributed by atoms with E-state index in [0.29, 0.717) is 6.42 Å². The third kappa shape index (κ3) is 31.2. The van der Waals surface area contributed by atoms with Crippen molar-refractivity contribution in [3.05, 3.63) is 12.2 Å². The number of carboxylic acids is 1. The summed E-state index contributed by atoms with van der Waals surface area (Å²) < 4.78 is 5.90. The molecule has 0 aromatic rings. The van der Waals surface area contributed by atoms with E-state index in [4.69, 9.17) is 9.84 Å². The highest BCUT2D eigenvalue weighted by molar-refractivity contribution is 5.69. The molecule has 0 rings (SSSR count). The first-order valence-corrected chi connectivity index (χ1v) is 17.7. The second kappa shape index (κ2) is 32.2. The van der Waals surface area contributed by atoms with Crippen molar-refractivity contribution >= 4 is 11.9 Å². The lowest BCUT2D eigenvalue weighted by Gasteiger charge is -2.18. The van der Waals surface area contributed by atoms with Crippen molar-refractivity contribution in [1.29, 1.82) is 0 Å². The SMILES string of the molecule is CCCCCCCCC/C=C\CCCCCCCCCC(=O)OC(CCCCCCC)CCCCCCC(=O)O. The number of rotatable bonds is 32. The molecule has 40 heavy (non-hydrogen) atoms. The van der Waals surface area contributed by atoms with Gasteiger partial charge in [-0.1, -0.05) is 135 Å². The average Bonchev–Trinajstić information content (AvgIpc) is 2.93. The molecule has 0 spiro atoms. The second-order valence-electron chi connectivity index (χ2n) is 12.1.